The van der Waals surface area contributed by atoms with Crippen molar-refractivity contribution < 1.29 is 15.0 Å². The molecule has 2 rings (SSSR count). The molecule has 1 aromatic carbocycles. The smallest absolute Gasteiger partial charge is 0.261 e. The van der Waals surface area contributed by atoms with Crippen molar-refractivity contribution in [3.05, 3.63) is 23.8 Å². The van der Waals surface area contributed by atoms with Crippen LogP contribution in [0.3, 0.4) is 0 Å². The summed E-state index contributed by atoms with van der Waals surface area (Å²) in [4.78, 5) is 14.4. The normalized spacial score (nSPS) is 16.1. The molecule has 1 amide bonds. The lowest BCUT2D eigenvalue weighted by Gasteiger charge is -2.34. The molecule has 110 valence electrons. The Morgan fingerprint density at radius 3 is 2.35 bits per heavy atom. The molecule has 20 heavy (non-hydrogen) atoms. The summed E-state index contributed by atoms with van der Waals surface area (Å²) in [5, 5.41) is 20.4. The Morgan fingerprint density at radius 1 is 1.20 bits per heavy atom. The second-order valence-electron chi connectivity index (χ2n) is 5.15. The van der Waals surface area contributed by atoms with Gasteiger partial charge in [0.2, 0.25) is 0 Å². The van der Waals surface area contributed by atoms with Gasteiger partial charge in [0.05, 0.1) is 0 Å². The predicted molar refractivity (Wildman–Crippen MR) is 81.5 cm³/mol. The summed E-state index contributed by atoms with van der Waals surface area (Å²) in [6, 6.07) is 4.59. The van der Waals surface area contributed by atoms with Crippen molar-refractivity contribution in [1.82, 2.24) is 4.90 Å². The Labute approximate surface area is 127 Å². The number of phenols is 2. The molecule has 2 N–H and O–H groups in total. The van der Waals surface area contributed by atoms with Crippen LogP contribution in [-0.4, -0.2) is 38.9 Å². The molecule has 1 aliphatic carbocycles. The topological polar surface area (TPSA) is 60.8 Å². The van der Waals surface area contributed by atoms with Crippen LogP contribution < -0.4 is 0 Å². The van der Waals surface area contributed by atoms with E-state index < -0.39 is 0 Å². The van der Waals surface area contributed by atoms with Gasteiger partial charge < -0.3 is 15.1 Å². The van der Waals surface area contributed by atoms with Crippen LogP contribution in [0.1, 0.15) is 42.5 Å². The van der Waals surface area contributed by atoms with Gasteiger partial charge in [0.15, 0.2) is 0 Å². The molecule has 4 nitrogen and oxygen atoms in total. The quantitative estimate of drug-likeness (QED) is 0.826. The third kappa shape index (κ3) is 3.26. The van der Waals surface area contributed by atoms with Crippen molar-refractivity contribution in [2.24, 2.45) is 0 Å². The first-order valence-corrected chi connectivity index (χ1v) is 8.15. The fourth-order valence-corrected chi connectivity index (χ4v) is 3.21. The maximum atomic E-state index is 12.7. The average Bonchev–Trinajstić information content (AvgIpc) is 2.45. The molecule has 0 bridgehead atoms. The van der Waals surface area contributed by atoms with E-state index in [1.165, 1.54) is 24.6 Å². The van der Waals surface area contributed by atoms with Crippen molar-refractivity contribution >= 4 is 21.8 Å². The predicted octanol–water partition coefficient (Wildman–Crippen LogP) is 3.27. The summed E-state index contributed by atoms with van der Waals surface area (Å²) in [5.41, 5.74) is 0.0130. The van der Waals surface area contributed by atoms with E-state index in [9.17, 15) is 15.0 Å². The second kappa shape index (κ2) is 6.97. The fourth-order valence-electron chi connectivity index (χ4n) is 2.82. The van der Waals surface area contributed by atoms with Gasteiger partial charge in [0.25, 0.3) is 5.91 Å². The monoisotopic (exact) mass is 341 g/mol. The number of benzene rings is 1. The van der Waals surface area contributed by atoms with E-state index >= 15 is 0 Å². The number of hydrogen-bond acceptors (Lipinski definition) is 3. The molecule has 1 aliphatic rings. The lowest BCUT2D eigenvalue weighted by atomic mass is 9.93. The van der Waals surface area contributed by atoms with Crippen molar-refractivity contribution in [3.63, 3.8) is 0 Å². The van der Waals surface area contributed by atoms with E-state index in [2.05, 4.69) is 15.9 Å². The van der Waals surface area contributed by atoms with E-state index in [0.29, 0.717) is 11.9 Å². The van der Waals surface area contributed by atoms with E-state index in [-0.39, 0.29) is 29.0 Å². The molecule has 1 fully saturated rings. The van der Waals surface area contributed by atoms with Crippen LogP contribution in [0.4, 0.5) is 0 Å². The SMILES string of the molecule is O=C(c1c(O)cccc1O)N(CCBr)C1CCCCC1. The Bertz CT molecular complexity index is 452. The zero-order valence-electron chi connectivity index (χ0n) is 11.4. The first kappa shape index (κ1) is 15.2. The van der Waals surface area contributed by atoms with Gasteiger partial charge in [-0.25, -0.2) is 0 Å². The number of carbonyl (C=O) groups is 1. The van der Waals surface area contributed by atoms with Gasteiger partial charge in [-0.05, 0) is 25.0 Å². The first-order valence-electron chi connectivity index (χ1n) is 7.03. The van der Waals surface area contributed by atoms with Gasteiger partial charge in [-0.3, -0.25) is 4.79 Å². The molecule has 1 aromatic rings. The van der Waals surface area contributed by atoms with E-state index in [0.717, 1.165) is 25.7 Å². The number of rotatable bonds is 4. The molecule has 1 saturated carbocycles. The molecule has 0 atom stereocenters. The standard InChI is InChI=1S/C15H20BrNO3/c16-9-10-17(11-5-2-1-3-6-11)15(20)14-12(18)7-4-8-13(14)19/h4,7-8,11,18-19H,1-3,5-6,9-10H2. The van der Waals surface area contributed by atoms with Crippen LogP contribution in [0.5, 0.6) is 11.5 Å². The summed E-state index contributed by atoms with van der Waals surface area (Å²) in [5.74, 6) is -0.609. The average molecular weight is 342 g/mol. The van der Waals surface area contributed by atoms with Crippen LogP contribution in [0.15, 0.2) is 18.2 Å². The highest BCUT2D eigenvalue weighted by Crippen LogP contribution is 2.31. The van der Waals surface area contributed by atoms with Gasteiger partial charge in [0, 0.05) is 17.9 Å². The number of aromatic hydroxyl groups is 2. The van der Waals surface area contributed by atoms with Crippen molar-refractivity contribution in [1.29, 1.82) is 0 Å². The third-order valence-corrected chi connectivity index (χ3v) is 4.19. The number of hydrogen-bond donors (Lipinski definition) is 2. The van der Waals surface area contributed by atoms with Crippen LogP contribution in [0, 0.1) is 0 Å². The molecule has 0 radical (unpaired) electrons. The van der Waals surface area contributed by atoms with Crippen molar-refractivity contribution in [2.75, 3.05) is 11.9 Å². The summed E-state index contributed by atoms with van der Waals surface area (Å²) in [6.45, 7) is 0.581. The van der Waals surface area contributed by atoms with Gasteiger partial charge >= 0.3 is 0 Å². The molecule has 0 aliphatic heterocycles. The van der Waals surface area contributed by atoms with Crippen LogP contribution in [0.25, 0.3) is 0 Å². The largest absolute Gasteiger partial charge is 0.507 e. The third-order valence-electron chi connectivity index (χ3n) is 3.84. The molecule has 0 heterocycles. The molecule has 0 saturated heterocycles. The van der Waals surface area contributed by atoms with E-state index in [4.69, 9.17) is 0 Å². The Balaban J connectivity index is 2.26. The summed E-state index contributed by atoms with van der Waals surface area (Å²) in [7, 11) is 0. The van der Waals surface area contributed by atoms with Gasteiger partial charge in [-0.1, -0.05) is 41.3 Å². The summed E-state index contributed by atoms with van der Waals surface area (Å²) >= 11 is 3.38. The van der Waals surface area contributed by atoms with E-state index in [1.54, 1.807) is 4.90 Å². The lowest BCUT2D eigenvalue weighted by molar-refractivity contribution is 0.0645. The molecule has 0 unspecified atom stereocenters. The Kier molecular flexibility index (Phi) is 5.29. The Morgan fingerprint density at radius 2 is 1.80 bits per heavy atom. The second-order valence-corrected chi connectivity index (χ2v) is 5.94. The fraction of sp³-hybridized carbons (Fsp3) is 0.533. The van der Waals surface area contributed by atoms with E-state index in [1.807, 2.05) is 0 Å². The van der Waals surface area contributed by atoms with Crippen LogP contribution in [-0.2, 0) is 0 Å². The highest BCUT2D eigenvalue weighted by molar-refractivity contribution is 9.09. The van der Waals surface area contributed by atoms with Crippen molar-refractivity contribution in [2.45, 2.75) is 38.1 Å². The number of amides is 1. The van der Waals surface area contributed by atoms with Crippen molar-refractivity contribution in [3.8, 4) is 11.5 Å². The van der Waals surface area contributed by atoms with Crippen LogP contribution in [0.2, 0.25) is 0 Å². The summed E-state index contributed by atoms with van der Waals surface area (Å²) < 4.78 is 0. The number of halogens is 1. The lowest BCUT2D eigenvalue weighted by Crippen LogP contribution is -2.42. The number of nitrogens with zero attached hydrogens (tertiary/aromatic N) is 1. The molecular formula is C15H20BrNO3. The minimum absolute atomic E-state index is 0.0130. The first-order chi connectivity index (χ1) is 9.65. The highest BCUT2D eigenvalue weighted by Gasteiger charge is 2.28. The number of phenolic OH excluding ortho intramolecular Hbond substituents is 2. The maximum Gasteiger partial charge on any atom is 0.261 e. The van der Waals surface area contributed by atoms with Gasteiger partial charge in [-0.2, -0.15) is 0 Å². The molecule has 0 spiro atoms. The Hall–Kier alpha value is -1.23. The number of alkyl halides is 1. The van der Waals surface area contributed by atoms with Crippen LogP contribution >= 0.6 is 15.9 Å². The van der Waals surface area contributed by atoms with Gasteiger partial charge in [-0.15, -0.1) is 0 Å². The zero-order chi connectivity index (χ0) is 14.5. The molecular weight excluding hydrogens is 322 g/mol. The minimum atomic E-state index is -0.285. The summed E-state index contributed by atoms with van der Waals surface area (Å²) in [6.07, 6.45) is 5.46. The van der Waals surface area contributed by atoms with Gasteiger partial charge in [0.1, 0.15) is 17.1 Å². The molecule has 0 aromatic heterocycles. The maximum absolute atomic E-state index is 12.7. The zero-order valence-corrected chi connectivity index (χ0v) is 13.0. The number of carbonyl (C=O) groups excluding carboxylic acids is 1. The minimum Gasteiger partial charge on any atom is -0.507 e. The molecule has 5 heteroatoms. The highest BCUT2D eigenvalue weighted by atomic mass is 79.9.